The standard InChI is InChI=1S/C2H2N3O2/c3-1(6)5-2(4)7/h3-4H. The molecular weight excluding hydrogens is 98.0 g/mol. The number of nitrogens with zero attached hydrogens (tertiary/aromatic N) is 1. The predicted molar refractivity (Wildman–Crippen MR) is 19.1 cm³/mol. The zero-order valence-corrected chi connectivity index (χ0v) is 3.26. The van der Waals surface area contributed by atoms with Crippen molar-refractivity contribution in [2.24, 2.45) is 0 Å². The van der Waals surface area contributed by atoms with Crippen molar-refractivity contribution in [3.63, 3.8) is 0 Å². The fourth-order valence-corrected chi connectivity index (χ4v) is 0.0922. The first-order valence-electron chi connectivity index (χ1n) is 1.36. The van der Waals surface area contributed by atoms with Gasteiger partial charge in [-0.2, -0.15) is 0 Å². The van der Waals surface area contributed by atoms with Crippen molar-refractivity contribution in [2.75, 3.05) is 0 Å². The normalized spacial score (nSPS) is 7.43. The van der Waals surface area contributed by atoms with Crippen LogP contribution in [0.5, 0.6) is 0 Å². The zero-order valence-electron chi connectivity index (χ0n) is 3.26. The van der Waals surface area contributed by atoms with Crippen LogP contribution in [0.3, 0.4) is 0 Å². The van der Waals surface area contributed by atoms with Crippen molar-refractivity contribution in [2.45, 2.75) is 0 Å². The molecular formula is C2H2N3O2. The highest BCUT2D eigenvalue weighted by Crippen LogP contribution is 1.61. The van der Waals surface area contributed by atoms with E-state index in [4.69, 9.17) is 11.5 Å². The highest BCUT2D eigenvalue weighted by atomic mass is 16.2. The molecule has 0 aliphatic rings. The topological polar surface area (TPSA) is 95.8 Å². The van der Waals surface area contributed by atoms with E-state index < -0.39 is 12.1 Å². The van der Waals surface area contributed by atoms with Crippen LogP contribution in [0.1, 0.15) is 0 Å². The van der Waals surface area contributed by atoms with Gasteiger partial charge in [0.05, 0.1) is 0 Å². The number of amides is 4. The summed E-state index contributed by atoms with van der Waals surface area (Å²) in [5.74, 6) is 0. The molecule has 0 spiro atoms. The molecule has 0 aliphatic heterocycles. The van der Waals surface area contributed by atoms with Gasteiger partial charge in [0.25, 0.3) is 0 Å². The lowest BCUT2D eigenvalue weighted by molar-refractivity contribution is 0.234. The van der Waals surface area contributed by atoms with Crippen LogP contribution in [0.15, 0.2) is 0 Å². The van der Waals surface area contributed by atoms with Crippen LogP contribution in [-0.2, 0) is 0 Å². The van der Waals surface area contributed by atoms with E-state index in [9.17, 15) is 9.59 Å². The number of hydrogen-bond acceptors (Lipinski definition) is 2. The first-order valence-corrected chi connectivity index (χ1v) is 1.36. The van der Waals surface area contributed by atoms with E-state index in [1.54, 1.807) is 0 Å². The molecule has 4 amide bonds. The molecule has 0 heterocycles. The summed E-state index contributed by atoms with van der Waals surface area (Å²) in [5.41, 5.74) is 11.9. The number of urea groups is 2. The Morgan fingerprint density at radius 3 is 1.43 bits per heavy atom. The molecule has 2 N–H and O–H groups in total. The van der Waals surface area contributed by atoms with Crippen molar-refractivity contribution in [1.29, 1.82) is 0 Å². The van der Waals surface area contributed by atoms with E-state index in [0.29, 0.717) is 0 Å². The average molecular weight is 100 g/mol. The first-order chi connectivity index (χ1) is 3.13. The van der Waals surface area contributed by atoms with E-state index in [1.165, 1.54) is 0 Å². The number of rotatable bonds is 0. The largest absolute Gasteiger partial charge is 0.364 e. The molecule has 0 saturated heterocycles. The summed E-state index contributed by atoms with van der Waals surface area (Å²) in [4.78, 5) is 18.8. The quantitative estimate of drug-likeness (QED) is 0.406. The second kappa shape index (κ2) is 2.01. The minimum absolute atomic E-state index is 1.37. The van der Waals surface area contributed by atoms with Gasteiger partial charge in [0.1, 0.15) is 0 Å². The molecule has 7 heavy (non-hydrogen) atoms. The number of nitrogens with one attached hydrogen (secondary N) is 2. The summed E-state index contributed by atoms with van der Waals surface area (Å²) in [6.07, 6.45) is 0. The van der Waals surface area contributed by atoms with Gasteiger partial charge in [-0.05, 0) is 0 Å². The molecule has 0 aromatic heterocycles. The third-order valence-electron chi connectivity index (χ3n) is 0.203. The maximum absolute atomic E-state index is 9.41. The molecule has 5 heteroatoms. The minimum Gasteiger partial charge on any atom is -0.246 e. The van der Waals surface area contributed by atoms with Gasteiger partial charge in [0.2, 0.25) is 0 Å². The lowest BCUT2D eigenvalue weighted by Gasteiger charge is -1.80. The monoisotopic (exact) mass is 100 g/mol. The van der Waals surface area contributed by atoms with Gasteiger partial charge in [-0.25, -0.2) is 21.1 Å². The summed E-state index contributed by atoms with van der Waals surface area (Å²) in [7, 11) is 0. The Balaban J connectivity index is 3.32. The van der Waals surface area contributed by atoms with Gasteiger partial charge < -0.3 is 0 Å². The molecule has 0 aromatic carbocycles. The highest BCUT2D eigenvalue weighted by molar-refractivity contribution is 5.90. The predicted octanol–water partition coefficient (Wildman–Crippen LogP) is -0.603. The van der Waals surface area contributed by atoms with Crippen LogP contribution in [0.2, 0.25) is 0 Å². The summed E-state index contributed by atoms with van der Waals surface area (Å²) in [5, 5.41) is 2.33. The maximum Gasteiger partial charge on any atom is 0.364 e. The van der Waals surface area contributed by atoms with E-state index >= 15 is 0 Å². The van der Waals surface area contributed by atoms with Crippen molar-refractivity contribution in [3.05, 3.63) is 0 Å². The number of hydrogen-bond donors (Lipinski definition) is 0. The fourth-order valence-electron chi connectivity index (χ4n) is 0.0922. The second-order valence-corrected chi connectivity index (χ2v) is 0.722. The summed E-state index contributed by atoms with van der Waals surface area (Å²) >= 11 is 0. The Hall–Kier alpha value is -1.26. The number of imide groups is 1. The van der Waals surface area contributed by atoms with Crippen LogP contribution in [0, 0.1) is 0 Å². The zero-order chi connectivity index (χ0) is 5.86. The Morgan fingerprint density at radius 2 is 1.43 bits per heavy atom. The van der Waals surface area contributed by atoms with Crippen molar-refractivity contribution in [1.82, 2.24) is 16.8 Å². The van der Waals surface area contributed by atoms with Gasteiger partial charge in [0, 0.05) is 0 Å². The molecule has 0 saturated carbocycles. The fraction of sp³-hybridized carbons (Fsp3) is 0. The third-order valence-corrected chi connectivity index (χ3v) is 0.203. The second-order valence-electron chi connectivity index (χ2n) is 0.722. The Bertz CT molecular complexity index is 87.1. The van der Waals surface area contributed by atoms with E-state index in [-0.39, 0.29) is 0 Å². The van der Waals surface area contributed by atoms with Gasteiger partial charge in [-0.15, -0.1) is 5.32 Å². The molecule has 0 rings (SSSR count). The SMILES string of the molecule is [NH]C(=O)[N]C([NH])=O. The van der Waals surface area contributed by atoms with E-state index in [0.717, 1.165) is 0 Å². The third kappa shape index (κ3) is 4.74. The lowest BCUT2D eigenvalue weighted by Crippen LogP contribution is -2.20. The molecule has 0 bridgehead atoms. The molecule has 0 aliphatic carbocycles. The van der Waals surface area contributed by atoms with Gasteiger partial charge in [0.15, 0.2) is 0 Å². The Kier molecular flexibility index (Phi) is 1.65. The van der Waals surface area contributed by atoms with Crippen LogP contribution in [0.25, 0.3) is 0 Å². The molecule has 3 radical (unpaired) electrons. The smallest absolute Gasteiger partial charge is 0.246 e. The Morgan fingerprint density at radius 1 is 1.14 bits per heavy atom. The molecule has 5 nitrogen and oxygen atoms in total. The van der Waals surface area contributed by atoms with Crippen LogP contribution in [-0.4, -0.2) is 12.1 Å². The number of carbonyl (C=O) groups excluding carboxylic acids is 2. The summed E-state index contributed by atoms with van der Waals surface area (Å²) in [6, 6.07) is -2.75. The Labute approximate surface area is 39.7 Å². The van der Waals surface area contributed by atoms with Gasteiger partial charge >= 0.3 is 12.1 Å². The van der Waals surface area contributed by atoms with E-state index in [1.807, 2.05) is 0 Å². The van der Waals surface area contributed by atoms with Gasteiger partial charge in [-0.3, -0.25) is 0 Å². The van der Waals surface area contributed by atoms with Crippen LogP contribution < -0.4 is 16.8 Å². The lowest BCUT2D eigenvalue weighted by atomic mass is 10.9. The van der Waals surface area contributed by atoms with Crippen molar-refractivity contribution in [3.8, 4) is 0 Å². The minimum atomic E-state index is -1.38. The molecule has 0 unspecified atom stereocenters. The average Bonchev–Trinajstić information content (AvgIpc) is 1.27. The van der Waals surface area contributed by atoms with Crippen molar-refractivity contribution >= 4 is 12.1 Å². The molecule has 0 aromatic rings. The first kappa shape index (κ1) is 5.74. The van der Waals surface area contributed by atoms with Crippen molar-refractivity contribution < 1.29 is 9.59 Å². The summed E-state index contributed by atoms with van der Waals surface area (Å²) < 4.78 is 0. The number of carbonyl (C=O) groups is 2. The molecule has 0 fully saturated rings. The molecule has 37 valence electrons. The van der Waals surface area contributed by atoms with Crippen LogP contribution >= 0.6 is 0 Å². The summed E-state index contributed by atoms with van der Waals surface area (Å²) in [6.45, 7) is 0. The van der Waals surface area contributed by atoms with Crippen LogP contribution in [0.4, 0.5) is 9.59 Å². The highest BCUT2D eigenvalue weighted by Gasteiger charge is 1.99. The maximum atomic E-state index is 9.41. The van der Waals surface area contributed by atoms with Gasteiger partial charge in [-0.1, -0.05) is 0 Å². The molecule has 0 atom stereocenters. The van der Waals surface area contributed by atoms with E-state index in [2.05, 4.69) is 5.32 Å².